The normalized spacial score (nSPS) is 10.5. The molecule has 0 amide bonds. The van der Waals surface area contributed by atoms with E-state index in [2.05, 4.69) is 26.2 Å². The number of hydrogen-bond acceptors (Lipinski definition) is 2. The fourth-order valence-electron chi connectivity index (χ4n) is 1.07. The van der Waals surface area contributed by atoms with Crippen molar-refractivity contribution in [1.29, 1.82) is 0 Å². The molecule has 13 heavy (non-hydrogen) atoms. The summed E-state index contributed by atoms with van der Waals surface area (Å²) in [7, 11) is 1.50. The molecule has 0 spiro atoms. The zero-order chi connectivity index (χ0) is 9.84. The van der Waals surface area contributed by atoms with Crippen LogP contribution in [0, 0.1) is 12.7 Å². The second-order valence-corrected chi connectivity index (χ2v) is 3.64. The van der Waals surface area contributed by atoms with Crippen molar-refractivity contribution < 1.29 is 9.23 Å². The lowest BCUT2D eigenvalue weighted by molar-refractivity contribution is 0.0859. The molecule has 0 aliphatic heterocycles. The van der Waals surface area contributed by atoms with E-state index < -0.39 is 0 Å². The van der Waals surface area contributed by atoms with Crippen molar-refractivity contribution in [3.8, 4) is 0 Å². The van der Waals surface area contributed by atoms with Gasteiger partial charge in [-0.05, 0) is 24.6 Å². The van der Waals surface area contributed by atoms with Gasteiger partial charge in [0.25, 0.3) is 0 Å². The molecule has 0 unspecified atom stereocenters. The Bertz CT molecular complexity index is 304. The third-order valence-electron chi connectivity index (χ3n) is 1.70. The van der Waals surface area contributed by atoms with Crippen molar-refractivity contribution in [3.05, 3.63) is 33.5 Å². The molecule has 0 aliphatic rings. The van der Waals surface area contributed by atoms with E-state index in [1.165, 1.54) is 7.11 Å². The first-order valence-electron chi connectivity index (χ1n) is 3.85. The topological polar surface area (TPSA) is 21.3 Å². The summed E-state index contributed by atoms with van der Waals surface area (Å²) in [5, 5.41) is 0. The first-order valence-corrected chi connectivity index (χ1v) is 4.65. The first kappa shape index (κ1) is 10.6. The number of rotatable bonds is 3. The van der Waals surface area contributed by atoms with Crippen molar-refractivity contribution >= 4 is 15.9 Å². The minimum absolute atomic E-state index is 0.187. The van der Waals surface area contributed by atoms with E-state index in [1.54, 1.807) is 19.1 Å². The van der Waals surface area contributed by atoms with Gasteiger partial charge < -0.3 is 4.84 Å². The molecular formula is C9H11BrFNO. The molecule has 1 aromatic rings. The van der Waals surface area contributed by atoms with E-state index in [1.807, 2.05) is 0 Å². The fourth-order valence-corrected chi connectivity index (χ4v) is 1.69. The Morgan fingerprint density at radius 2 is 2.23 bits per heavy atom. The van der Waals surface area contributed by atoms with Crippen LogP contribution in [0.1, 0.15) is 11.1 Å². The Labute approximate surface area is 85.2 Å². The van der Waals surface area contributed by atoms with Gasteiger partial charge >= 0.3 is 0 Å². The number of hydrogen-bond donors (Lipinski definition) is 1. The van der Waals surface area contributed by atoms with Gasteiger partial charge in [-0.3, -0.25) is 0 Å². The second kappa shape index (κ2) is 4.69. The zero-order valence-corrected chi connectivity index (χ0v) is 9.11. The maximum absolute atomic E-state index is 13.4. The van der Waals surface area contributed by atoms with Crippen LogP contribution >= 0.6 is 15.9 Å². The average Bonchev–Trinajstić information content (AvgIpc) is 2.09. The van der Waals surface area contributed by atoms with Crippen LogP contribution < -0.4 is 5.48 Å². The van der Waals surface area contributed by atoms with Crippen LogP contribution in [-0.2, 0) is 11.4 Å². The lowest BCUT2D eigenvalue weighted by atomic mass is 10.1. The summed E-state index contributed by atoms with van der Waals surface area (Å²) < 4.78 is 14.3. The van der Waals surface area contributed by atoms with Crippen molar-refractivity contribution in [2.45, 2.75) is 13.5 Å². The quantitative estimate of drug-likeness (QED) is 0.830. The van der Waals surface area contributed by atoms with Crippen molar-refractivity contribution in [1.82, 2.24) is 5.48 Å². The van der Waals surface area contributed by atoms with Crippen LogP contribution in [0.15, 0.2) is 16.6 Å². The summed E-state index contributed by atoms with van der Waals surface area (Å²) in [5.74, 6) is -0.187. The van der Waals surface area contributed by atoms with Gasteiger partial charge in [-0.2, -0.15) is 5.48 Å². The highest BCUT2D eigenvalue weighted by molar-refractivity contribution is 9.10. The zero-order valence-electron chi connectivity index (χ0n) is 7.53. The molecule has 0 bridgehead atoms. The molecule has 1 aromatic carbocycles. The van der Waals surface area contributed by atoms with Crippen molar-refractivity contribution in [2.24, 2.45) is 0 Å². The van der Waals surface area contributed by atoms with E-state index in [-0.39, 0.29) is 5.82 Å². The van der Waals surface area contributed by atoms with Crippen LogP contribution in [0.5, 0.6) is 0 Å². The summed E-state index contributed by atoms with van der Waals surface area (Å²) in [4.78, 5) is 4.65. The van der Waals surface area contributed by atoms with E-state index >= 15 is 0 Å². The predicted molar refractivity (Wildman–Crippen MR) is 52.7 cm³/mol. The fraction of sp³-hybridized carbons (Fsp3) is 0.333. The van der Waals surface area contributed by atoms with Gasteiger partial charge in [0.05, 0.1) is 7.11 Å². The van der Waals surface area contributed by atoms with Gasteiger partial charge in [0, 0.05) is 16.6 Å². The maximum atomic E-state index is 13.4. The highest BCUT2D eigenvalue weighted by Crippen LogP contribution is 2.19. The molecule has 72 valence electrons. The summed E-state index contributed by atoms with van der Waals surface area (Å²) in [6.45, 7) is 2.10. The number of aryl methyl sites for hydroxylation is 1. The molecule has 0 heterocycles. The summed E-state index contributed by atoms with van der Waals surface area (Å²) >= 11 is 3.30. The Morgan fingerprint density at radius 1 is 1.54 bits per heavy atom. The van der Waals surface area contributed by atoms with Crippen LogP contribution in [0.4, 0.5) is 4.39 Å². The van der Waals surface area contributed by atoms with Crippen LogP contribution in [0.25, 0.3) is 0 Å². The highest BCUT2D eigenvalue weighted by Gasteiger charge is 2.06. The summed E-state index contributed by atoms with van der Waals surface area (Å²) in [6.07, 6.45) is 0. The van der Waals surface area contributed by atoms with Gasteiger partial charge in [0.2, 0.25) is 0 Å². The lowest BCUT2D eigenvalue weighted by Gasteiger charge is -2.06. The second-order valence-electron chi connectivity index (χ2n) is 2.72. The van der Waals surface area contributed by atoms with Gasteiger partial charge in [-0.1, -0.05) is 15.9 Å². The minimum Gasteiger partial charge on any atom is -0.305 e. The molecule has 2 nitrogen and oxygen atoms in total. The molecular weight excluding hydrogens is 237 g/mol. The molecule has 0 aliphatic carbocycles. The van der Waals surface area contributed by atoms with Crippen LogP contribution in [-0.4, -0.2) is 7.11 Å². The molecule has 0 fully saturated rings. The average molecular weight is 248 g/mol. The number of nitrogens with one attached hydrogen (secondary N) is 1. The molecule has 4 heteroatoms. The van der Waals surface area contributed by atoms with Crippen LogP contribution in [0.2, 0.25) is 0 Å². The maximum Gasteiger partial charge on any atom is 0.130 e. The largest absolute Gasteiger partial charge is 0.305 e. The van der Waals surface area contributed by atoms with E-state index in [9.17, 15) is 4.39 Å². The third kappa shape index (κ3) is 2.76. The SMILES string of the molecule is CONCc1cc(Br)cc(C)c1F. The standard InChI is InChI=1S/C9H11BrFNO/c1-6-3-8(10)4-7(9(6)11)5-12-13-2/h3-4,12H,5H2,1-2H3. The van der Waals surface area contributed by atoms with Crippen LogP contribution in [0.3, 0.4) is 0 Å². The van der Waals surface area contributed by atoms with Gasteiger partial charge in [0.15, 0.2) is 0 Å². The lowest BCUT2D eigenvalue weighted by Crippen LogP contribution is -2.12. The molecule has 0 aromatic heterocycles. The van der Waals surface area contributed by atoms with Crippen molar-refractivity contribution in [2.75, 3.05) is 7.11 Å². The van der Waals surface area contributed by atoms with E-state index in [0.29, 0.717) is 17.7 Å². The van der Waals surface area contributed by atoms with E-state index in [4.69, 9.17) is 0 Å². The molecule has 0 atom stereocenters. The third-order valence-corrected chi connectivity index (χ3v) is 2.16. The molecule has 0 radical (unpaired) electrons. The predicted octanol–water partition coefficient (Wildman–Crippen LogP) is 2.55. The number of benzene rings is 1. The Kier molecular flexibility index (Phi) is 3.84. The number of hydroxylamine groups is 1. The summed E-state index contributed by atoms with van der Waals surface area (Å²) in [6, 6.07) is 3.47. The number of halogens is 2. The minimum atomic E-state index is -0.187. The molecule has 0 saturated heterocycles. The Balaban J connectivity index is 2.92. The first-order chi connectivity index (χ1) is 6.15. The summed E-state index contributed by atoms with van der Waals surface area (Å²) in [5.41, 5.74) is 3.82. The smallest absolute Gasteiger partial charge is 0.130 e. The van der Waals surface area contributed by atoms with Gasteiger partial charge in [-0.15, -0.1) is 0 Å². The van der Waals surface area contributed by atoms with Gasteiger partial charge in [0.1, 0.15) is 5.82 Å². The Morgan fingerprint density at radius 3 is 2.85 bits per heavy atom. The Hall–Kier alpha value is -0.450. The molecule has 1 rings (SSSR count). The highest BCUT2D eigenvalue weighted by atomic mass is 79.9. The molecule has 0 saturated carbocycles. The van der Waals surface area contributed by atoms with Gasteiger partial charge in [-0.25, -0.2) is 4.39 Å². The monoisotopic (exact) mass is 247 g/mol. The van der Waals surface area contributed by atoms with Crippen molar-refractivity contribution in [3.63, 3.8) is 0 Å². The molecule has 1 N–H and O–H groups in total. The van der Waals surface area contributed by atoms with E-state index in [0.717, 1.165) is 4.47 Å².